The molecule has 0 bridgehead atoms. The van der Waals surface area contributed by atoms with Crippen LogP contribution < -0.4 is 5.32 Å². The number of nitrogens with zero attached hydrogens (tertiary/aromatic N) is 2. The Morgan fingerprint density at radius 1 is 1.19 bits per heavy atom. The lowest BCUT2D eigenvalue weighted by molar-refractivity contribution is -0.148. The lowest BCUT2D eigenvalue weighted by atomic mass is 9.94. The van der Waals surface area contributed by atoms with Crippen LogP contribution in [-0.4, -0.2) is 79.1 Å². The minimum Gasteiger partial charge on any atom is -0.462 e. The number of hydrogen-bond donors (Lipinski definition) is 1. The van der Waals surface area contributed by atoms with E-state index < -0.39 is 0 Å². The van der Waals surface area contributed by atoms with E-state index in [9.17, 15) is 14.4 Å². The van der Waals surface area contributed by atoms with E-state index in [0.29, 0.717) is 29.6 Å². The summed E-state index contributed by atoms with van der Waals surface area (Å²) in [5.74, 6) is -0.242. The van der Waals surface area contributed by atoms with Crippen LogP contribution in [0.4, 0.5) is 5.00 Å². The number of carbonyl (C=O) groups excluding carboxylic acids is 3. The van der Waals surface area contributed by atoms with Gasteiger partial charge in [0.15, 0.2) is 0 Å². The van der Waals surface area contributed by atoms with E-state index in [1.807, 2.05) is 25.7 Å². The maximum absolute atomic E-state index is 12.9. The first-order chi connectivity index (χ1) is 14.8. The van der Waals surface area contributed by atoms with Crippen LogP contribution in [0.25, 0.3) is 0 Å². The van der Waals surface area contributed by atoms with Crippen LogP contribution in [0.15, 0.2) is 6.07 Å². The van der Waals surface area contributed by atoms with Gasteiger partial charge in [-0.3, -0.25) is 14.5 Å². The number of hydrogen-bond acceptors (Lipinski definition) is 7. The minimum absolute atomic E-state index is 0.0175. The summed E-state index contributed by atoms with van der Waals surface area (Å²) in [7, 11) is 0. The molecule has 31 heavy (non-hydrogen) atoms. The number of morpholine rings is 1. The number of nitrogens with one attached hydrogen (secondary N) is 1. The van der Waals surface area contributed by atoms with Gasteiger partial charge in [-0.2, -0.15) is 0 Å². The molecule has 1 N–H and O–H groups in total. The van der Waals surface area contributed by atoms with E-state index in [2.05, 4.69) is 10.2 Å². The van der Waals surface area contributed by atoms with Gasteiger partial charge in [0.05, 0.1) is 30.4 Å². The quantitative estimate of drug-likeness (QED) is 0.669. The molecule has 2 fully saturated rings. The normalized spacial score (nSPS) is 22.9. The molecule has 0 spiro atoms. The molecule has 0 radical (unpaired) electrons. The van der Waals surface area contributed by atoms with Gasteiger partial charge in [-0.1, -0.05) is 0 Å². The van der Waals surface area contributed by atoms with Crippen molar-refractivity contribution in [2.24, 2.45) is 5.92 Å². The average Bonchev–Trinajstić information content (AvgIpc) is 3.07. The number of likely N-dealkylation sites (tertiary alicyclic amines) is 1. The second-order valence-electron chi connectivity index (χ2n) is 8.44. The molecule has 2 aliphatic rings. The van der Waals surface area contributed by atoms with Crippen molar-refractivity contribution < 1.29 is 23.9 Å². The van der Waals surface area contributed by atoms with E-state index in [0.717, 1.165) is 31.5 Å². The van der Waals surface area contributed by atoms with Crippen molar-refractivity contribution in [3.63, 3.8) is 0 Å². The summed E-state index contributed by atoms with van der Waals surface area (Å²) >= 11 is 1.23. The van der Waals surface area contributed by atoms with Crippen molar-refractivity contribution in [1.29, 1.82) is 0 Å². The zero-order chi connectivity index (χ0) is 22.5. The molecule has 2 saturated heterocycles. The Morgan fingerprint density at radius 3 is 2.45 bits per heavy atom. The third-order valence-electron chi connectivity index (χ3n) is 5.68. The molecule has 1 aromatic heterocycles. The number of esters is 1. The summed E-state index contributed by atoms with van der Waals surface area (Å²) in [5.41, 5.74) is 0.796. The third-order valence-corrected chi connectivity index (χ3v) is 6.81. The Morgan fingerprint density at radius 2 is 1.84 bits per heavy atom. The van der Waals surface area contributed by atoms with Gasteiger partial charge in [0.1, 0.15) is 4.88 Å². The van der Waals surface area contributed by atoms with Crippen molar-refractivity contribution in [1.82, 2.24) is 9.80 Å². The zero-order valence-electron chi connectivity index (χ0n) is 18.8. The molecule has 8 nitrogen and oxygen atoms in total. The van der Waals surface area contributed by atoms with Crippen LogP contribution in [0.1, 0.15) is 48.8 Å². The van der Waals surface area contributed by atoms with Gasteiger partial charge in [0, 0.05) is 19.0 Å². The number of anilines is 1. The van der Waals surface area contributed by atoms with Crippen molar-refractivity contribution in [2.45, 2.75) is 52.7 Å². The molecule has 172 valence electrons. The molecule has 9 heteroatoms. The first-order valence-corrected chi connectivity index (χ1v) is 11.8. The van der Waals surface area contributed by atoms with E-state index in [-0.39, 0.29) is 42.5 Å². The lowest BCUT2D eigenvalue weighted by Gasteiger charge is -2.39. The predicted molar refractivity (Wildman–Crippen MR) is 119 cm³/mol. The van der Waals surface area contributed by atoms with Crippen LogP contribution >= 0.6 is 11.3 Å². The molecular weight excluding hydrogens is 418 g/mol. The van der Waals surface area contributed by atoms with Gasteiger partial charge >= 0.3 is 5.97 Å². The van der Waals surface area contributed by atoms with Gasteiger partial charge in [0.2, 0.25) is 11.8 Å². The molecule has 0 saturated carbocycles. The molecule has 0 aromatic carbocycles. The highest BCUT2D eigenvalue weighted by Crippen LogP contribution is 2.27. The molecular formula is C22H33N3O5S. The number of amides is 2. The number of carbonyl (C=O) groups is 3. The zero-order valence-corrected chi connectivity index (χ0v) is 19.6. The molecule has 3 heterocycles. The minimum atomic E-state index is -0.360. The summed E-state index contributed by atoms with van der Waals surface area (Å²) in [4.78, 5) is 41.8. The summed E-state index contributed by atoms with van der Waals surface area (Å²) in [5, 5.41) is 3.53. The Labute approximate surface area is 187 Å². The maximum Gasteiger partial charge on any atom is 0.348 e. The van der Waals surface area contributed by atoms with Gasteiger partial charge in [0.25, 0.3) is 0 Å². The molecule has 0 aliphatic carbocycles. The molecule has 0 unspecified atom stereocenters. The third kappa shape index (κ3) is 6.27. The molecule has 3 rings (SSSR count). The lowest BCUT2D eigenvalue weighted by Crippen LogP contribution is -2.51. The van der Waals surface area contributed by atoms with E-state index in [1.54, 1.807) is 13.0 Å². The molecule has 1 aromatic rings. The topological polar surface area (TPSA) is 88.2 Å². The van der Waals surface area contributed by atoms with Gasteiger partial charge < -0.3 is 19.7 Å². The monoisotopic (exact) mass is 451 g/mol. The Balaban J connectivity index is 1.45. The number of ether oxygens (including phenoxy) is 2. The fourth-order valence-electron chi connectivity index (χ4n) is 4.28. The van der Waals surface area contributed by atoms with E-state index in [4.69, 9.17) is 9.47 Å². The second-order valence-corrected chi connectivity index (χ2v) is 9.49. The number of aryl methyl sites for hydroxylation is 1. The number of thiophene rings is 1. The Bertz CT molecular complexity index is 793. The maximum atomic E-state index is 12.9. The van der Waals surface area contributed by atoms with Crippen LogP contribution in [0.2, 0.25) is 0 Å². The first kappa shape index (κ1) is 23.7. The summed E-state index contributed by atoms with van der Waals surface area (Å²) in [6.07, 6.45) is 1.66. The van der Waals surface area contributed by atoms with Crippen molar-refractivity contribution in [3.8, 4) is 0 Å². The van der Waals surface area contributed by atoms with Gasteiger partial charge in [-0.15, -0.1) is 11.3 Å². The smallest absolute Gasteiger partial charge is 0.348 e. The van der Waals surface area contributed by atoms with Crippen LogP contribution in [0, 0.1) is 12.8 Å². The fraction of sp³-hybridized carbons (Fsp3) is 0.682. The van der Waals surface area contributed by atoms with Gasteiger partial charge in [-0.25, -0.2) is 4.79 Å². The van der Waals surface area contributed by atoms with Crippen molar-refractivity contribution in [2.75, 3.05) is 44.6 Å². The van der Waals surface area contributed by atoms with E-state index >= 15 is 0 Å². The van der Waals surface area contributed by atoms with Crippen molar-refractivity contribution in [3.05, 3.63) is 16.5 Å². The largest absolute Gasteiger partial charge is 0.462 e. The van der Waals surface area contributed by atoms with Crippen LogP contribution in [0.5, 0.6) is 0 Å². The highest BCUT2D eigenvalue weighted by molar-refractivity contribution is 7.18. The van der Waals surface area contributed by atoms with Crippen LogP contribution in [-0.2, 0) is 19.1 Å². The molecule has 2 amide bonds. The fourth-order valence-corrected chi connectivity index (χ4v) is 5.26. The van der Waals surface area contributed by atoms with E-state index in [1.165, 1.54) is 11.3 Å². The highest BCUT2D eigenvalue weighted by Gasteiger charge is 2.33. The molecule has 2 atom stereocenters. The Kier molecular flexibility index (Phi) is 8.07. The van der Waals surface area contributed by atoms with Crippen LogP contribution in [0.3, 0.4) is 0 Å². The molecule has 2 aliphatic heterocycles. The SMILES string of the molecule is CCOC(=O)c1sc(NC(=O)CN2CCC(C(=O)N3C[C@@H](C)O[C@H](C)C3)CC2)cc1C. The summed E-state index contributed by atoms with van der Waals surface area (Å²) < 4.78 is 10.8. The predicted octanol–water partition coefficient (Wildman–Crippen LogP) is 2.52. The first-order valence-electron chi connectivity index (χ1n) is 11.0. The second kappa shape index (κ2) is 10.6. The van der Waals surface area contributed by atoms with Crippen molar-refractivity contribution >= 4 is 34.1 Å². The summed E-state index contributed by atoms with van der Waals surface area (Å²) in [6, 6.07) is 1.80. The number of rotatable bonds is 6. The average molecular weight is 452 g/mol. The highest BCUT2D eigenvalue weighted by atomic mass is 32.1. The number of piperidine rings is 1. The van der Waals surface area contributed by atoms with Gasteiger partial charge in [-0.05, 0) is 65.3 Å². The summed E-state index contributed by atoms with van der Waals surface area (Å²) in [6.45, 7) is 10.9. The standard InChI is InChI=1S/C22H33N3O5S/c1-5-29-22(28)20-14(2)10-19(31-20)23-18(26)13-24-8-6-17(7-9-24)21(27)25-11-15(3)30-16(4)12-25/h10,15-17H,5-9,11-13H2,1-4H3,(H,23,26)/t15-,16-/m1/s1. The Hall–Kier alpha value is -1.97.